The molecule has 0 radical (unpaired) electrons. The number of carbonyl (C=O) groups excluding carboxylic acids is 1. The SMILES string of the molecule is Cc1ccc(C)c(NC(=O)CSc2nnc(-c3ccc(F)cc3)n2C)c1. The highest BCUT2D eigenvalue weighted by atomic mass is 32.2. The molecule has 0 saturated carbocycles. The van der Waals surface area contributed by atoms with E-state index in [0.717, 1.165) is 22.4 Å². The van der Waals surface area contributed by atoms with Gasteiger partial charge in [0.05, 0.1) is 5.75 Å². The number of thioether (sulfide) groups is 1. The van der Waals surface area contributed by atoms with Crippen LogP contribution in [-0.4, -0.2) is 26.4 Å². The van der Waals surface area contributed by atoms with Crippen LogP contribution in [0.3, 0.4) is 0 Å². The Morgan fingerprint density at radius 3 is 2.62 bits per heavy atom. The maximum atomic E-state index is 13.1. The molecule has 1 aromatic heterocycles. The first-order valence-electron chi connectivity index (χ1n) is 8.09. The van der Waals surface area contributed by atoms with E-state index in [0.29, 0.717) is 11.0 Å². The van der Waals surface area contributed by atoms with Crippen molar-refractivity contribution in [1.82, 2.24) is 14.8 Å². The predicted octanol–water partition coefficient (Wildman–Crippen LogP) is 3.97. The number of nitrogens with one attached hydrogen (secondary N) is 1. The molecular weight excluding hydrogens is 351 g/mol. The Morgan fingerprint density at radius 1 is 1.15 bits per heavy atom. The number of benzene rings is 2. The van der Waals surface area contributed by atoms with Crippen LogP contribution in [0.5, 0.6) is 0 Å². The van der Waals surface area contributed by atoms with Crippen molar-refractivity contribution in [3.05, 3.63) is 59.4 Å². The maximum absolute atomic E-state index is 13.1. The first-order chi connectivity index (χ1) is 12.4. The van der Waals surface area contributed by atoms with Crippen molar-refractivity contribution in [2.45, 2.75) is 19.0 Å². The van der Waals surface area contributed by atoms with Crippen LogP contribution in [0.15, 0.2) is 47.6 Å². The van der Waals surface area contributed by atoms with Gasteiger partial charge in [-0.05, 0) is 55.3 Å². The highest BCUT2D eigenvalue weighted by Crippen LogP contribution is 2.23. The van der Waals surface area contributed by atoms with Crippen molar-refractivity contribution in [2.24, 2.45) is 7.05 Å². The Labute approximate surface area is 155 Å². The van der Waals surface area contributed by atoms with Gasteiger partial charge in [-0.3, -0.25) is 4.79 Å². The van der Waals surface area contributed by atoms with E-state index in [-0.39, 0.29) is 17.5 Å². The summed E-state index contributed by atoms with van der Waals surface area (Å²) in [6.07, 6.45) is 0. The van der Waals surface area contributed by atoms with Gasteiger partial charge in [0, 0.05) is 18.3 Å². The number of anilines is 1. The summed E-state index contributed by atoms with van der Waals surface area (Å²) < 4.78 is 14.9. The van der Waals surface area contributed by atoms with Crippen molar-refractivity contribution in [3.63, 3.8) is 0 Å². The van der Waals surface area contributed by atoms with Gasteiger partial charge in [0.25, 0.3) is 0 Å². The molecule has 2 aromatic carbocycles. The lowest BCUT2D eigenvalue weighted by Crippen LogP contribution is -2.15. The largest absolute Gasteiger partial charge is 0.325 e. The van der Waals surface area contributed by atoms with E-state index in [1.165, 1.54) is 23.9 Å². The van der Waals surface area contributed by atoms with Gasteiger partial charge in [0.1, 0.15) is 5.82 Å². The molecule has 0 spiro atoms. The highest BCUT2D eigenvalue weighted by Gasteiger charge is 2.13. The van der Waals surface area contributed by atoms with Crippen molar-refractivity contribution in [2.75, 3.05) is 11.1 Å². The predicted molar refractivity (Wildman–Crippen MR) is 102 cm³/mol. The Balaban J connectivity index is 1.65. The second kappa shape index (κ2) is 7.70. The number of aromatic nitrogens is 3. The van der Waals surface area contributed by atoms with Crippen LogP contribution in [-0.2, 0) is 11.8 Å². The fraction of sp³-hybridized carbons (Fsp3) is 0.211. The molecule has 1 amide bonds. The highest BCUT2D eigenvalue weighted by molar-refractivity contribution is 7.99. The van der Waals surface area contributed by atoms with Crippen molar-refractivity contribution >= 4 is 23.4 Å². The molecule has 0 aliphatic heterocycles. The second-order valence-corrected chi connectivity index (χ2v) is 6.97. The Kier molecular flexibility index (Phi) is 5.37. The number of hydrogen-bond donors (Lipinski definition) is 1. The summed E-state index contributed by atoms with van der Waals surface area (Å²) in [5.41, 5.74) is 3.70. The van der Waals surface area contributed by atoms with Gasteiger partial charge in [-0.15, -0.1) is 10.2 Å². The fourth-order valence-corrected chi connectivity index (χ4v) is 3.19. The number of hydrogen-bond acceptors (Lipinski definition) is 4. The van der Waals surface area contributed by atoms with E-state index in [4.69, 9.17) is 0 Å². The standard InChI is InChI=1S/C19H19FN4OS/c1-12-4-5-13(2)16(10-12)21-17(25)11-26-19-23-22-18(24(19)3)14-6-8-15(20)9-7-14/h4-10H,11H2,1-3H3,(H,21,25). The number of amides is 1. The Hall–Kier alpha value is -2.67. The molecular formula is C19H19FN4OS. The van der Waals surface area contributed by atoms with Gasteiger partial charge in [0.2, 0.25) is 5.91 Å². The summed E-state index contributed by atoms with van der Waals surface area (Å²) in [5.74, 6) is 0.453. The van der Waals surface area contributed by atoms with E-state index < -0.39 is 0 Å². The zero-order valence-corrected chi connectivity index (χ0v) is 15.6. The quantitative estimate of drug-likeness (QED) is 0.691. The van der Waals surface area contributed by atoms with Gasteiger partial charge < -0.3 is 9.88 Å². The molecule has 7 heteroatoms. The Morgan fingerprint density at radius 2 is 1.88 bits per heavy atom. The van der Waals surface area contributed by atoms with Crippen molar-refractivity contribution in [1.29, 1.82) is 0 Å². The van der Waals surface area contributed by atoms with Gasteiger partial charge in [0.15, 0.2) is 11.0 Å². The second-order valence-electron chi connectivity index (χ2n) is 6.03. The average molecular weight is 370 g/mol. The third kappa shape index (κ3) is 4.11. The van der Waals surface area contributed by atoms with E-state index >= 15 is 0 Å². The normalized spacial score (nSPS) is 10.8. The summed E-state index contributed by atoms with van der Waals surface area (Å²) in [6, 6.07) is 12.0. The third-order valence-electron chi connectivity index (χ3n) is 3.94. The summed E-state index contributed by atoms with van der Waals surface area (Å²) in [7, 11) is 1.82. The minimum Gasteiger partial charge on any atom is -0.325 e. The van der Waals surface area contributed by atoms with Crippen LogP contribution in [0.2, 0.25) is 0 Å². The van der Waals surface area contributed by atoms with Gasteiger partial charge in [-0.2, -0.15) is 0 Å². The van der Waals surface area contributed by atoms with Crippen molar-refractivity contribution in [3.8, 4) is 11.4 Å². The number of aryl methyl sites for hydroxylation is 2. The number of halogens is 1. The molecule has 0 atom stereocenters. The summed E-state index contributed by atoms with van der Waals surface area (Å²) in [5, 5.41) is 11.8. The molecule has 0 aliphatic carbocycles. The number of carbonyl (C=O) groups is 1. The zero-order chi connectivity index (χ0) is 18.7. The van der Waals surface area contributed by atoms with Crippen LogP contribution in [0.1, 0.15) is 11.1 Å². The lowest BCUT2D eigenvalue weighted by Gasteiger charge is -2.09. The van der Waals surface area contributed by atoms with Crippen LogP contribution in [0.25, 0.3) is 11.4 Å². The number of rotatable bonds is 5. The van der Waals surface area contributed by atoms with Crippen LogP contribution in [0.4, 0.5) is 10.1 Å². The van der Waals surface area contributed by atoms with Crippen molar-refractivity contribution < 1.29 is 9.18 Å². The summed E-state index contributed by atoms with van der Waals surface area (Å²) in [6.45, 7) is 3.94. The minimum atomic E-state index is -0.298. The van der Waals surface area contributed by atoms with E-state index in [1.54, 1.807) is 16.7 Å². The molecule has 5 nitrogen and oxygen atoms in total. The van der Waals surface area contributed by atoms with Crippen LogP contribution in [0, 0.1) is 19.7 Å². The summed E-state index contributed by atoms with van der Waals surface area (Å²) >= 11 is 1.31. The third-order valence-corrected chi connectivity index (χ3v) is 4.96. The lowest BCUT2D eigenvalue weighted by atomic mass is 10.1. The zero-order valence-electron chi connectivity index (χ0n) is 14.8. The molecule has 0 aliphatic rings. The van der Waals surface area contributed by atoms with E-state index in [9.17, 15) is 9.18 Å². The topological polar surface area (TPSA) is 59.8 Å². The van der Waals surface area contributed by atoms with Crippen LogP contribution >= 0.6 is 11.8 Å². The molecule has 134 valence electrons. The first kappa shape index (κ1) is 18.1. The fourth-order valence-electron chi connectivity index (χ4n) is 2.48. The molecule has 0 bridgehead atoms. The average Bonchev–Trinajstić information content (AvgIpc) is 2.98. The lowest BCUT2D eigenvalue weighted by molar-refractivity contribution is -0.113. The molecule has 1 heterocycles. The Bertz CT molecular complexity index is 937. The molecule has 3 aromatic rings. The smallest absolute Gasteiger partial charge is 0.234 e. The molecule has 0 saturated heterocycles. The number of nitrogens with zero attached hydrogens (tertiary/aromatic N) is 3. The maximum Gasteiger partial charge on any atom is 0.234 e. The van der Waals surface area contributed by atoms with E-state index in [2.05, 4.69) is 15.5 Å². The van der Waals surface area contributed by atoms with Gasteiger partial charge in [-0.25, -0.2) is 4.39 Å². The summed E-state index contributed by atoms with van der Waals surface area (Å²) in [4.78, 5) is 12.2. The molecule has 0 unspecified atom stereocenters. The van der Waals surface area contributed by atoms with Crippen LogP contribution < -0.4 is 5.32 Å². The molecule has 3 rings (SSSR count). The van der Waals surface area contributed by atoms with Gasteiger partial charge >= 0.3 is 0 Å². The first-order valence-corrected chi connectivity index (χ1v) is 9.08. The van der Waals surface area contributed by atoms with E-state index in [1.807, 2.05) is 39.1 Å². The molecule has 0 fully saturated rings. The monoisotopic (exact) mass is 370 g/mol. The van der Waals surface area contributed by atoms with Gasteiger partial charge in [-0.1, -0.05) is 23.9 Å². The molecule has 1 N–H and O–H groups in total. The minimum absolute atomic E-state index is 0.102. The molecule has 26 heavy (non-hydrogen) atoms.